The fourth-order valence-electron chi connectivity index (χ4n) is 2.86. The maximum absolute atomic E-state index is 12.6. The monoisotopic (exact) mass is 368 g/mol. The van der Waals surface area contributed by atoms with E-state index in [0.717, 1.165) is 40.4 Å². The van der Waals surface area contributed by atoms with Crippen LogP contribution in [0.15, 0.2) is 36.7 Å². The van der Waals surface area contributed by atoms with Crippen LogP contribution < -0.4 is 4.90 Å². The van der Waals surface area contributed by atoms with Crippen LogP contribution in [0.2, 0.25) is 0 Å². The molecule has 0 fully saturated rings. The second kappa shape index (κ2) is 8.36. The molecule has 2 heterocycles. The molecule has 0 radical (unpaired) electrons. The number of anilines is 1. The van der Waals surface area contributed by atoms with Gasteiger partial charge in [-0.3, -0.25) is 4.79 Å². The zero-order valence-corrected chi connectivity index (χ0v) is 16.3. The molecule has 1 atom stereocenters. The topological polar surface area (TPSA) is 59.0 Å². The van der Waals surface area contributed by atoms with Crippen LogP contribution in [0.1, 0.15) is 37.9 Å². The molecule has 6 heteroatoms. The van der Waals surface area contributed by atoms with Crippen molar-refractivity contribution in [2.45, 2.75) is 45.6 Å². The third kappa shape index (κ3) is 4.07. The van der Waals surface area contributed by atoms with Crippen LogP contribution in [0, 0.1) is 0 Å². The minimum atomic E-state index is -0.221. The highest BCUT2D eigenvalue weighted by molar-refractivity contribution is 7.22. The zero-order valence-electron chi connectivity index (χ0n) is 15.5. The van der Waals surface area contributed by atoms with E-state index >= 15 is 0 Å². The number of nitrogens with zero attached hydrogens (tertiary/aromatic N) is 4. The van der Waals surface area contributed by atoms with E-state index in [1.807, 2.05) is 37.1 Å². The van der Waals surface area contributed by atoms with Crippen molar-refractivity contribution < 1.29 is 4.79 Å². The van der Waals surface area contributed by atoms with Crippen LogP contribution in [0.5, 0.6) is 0 Å². The van der Waals surface area contributed by atoms with Gasteiger partial charge in [0.25, 0.3) is 0 Å². The van der Waals surface area contributed by atoms with Gasteiger partial charge in [-0.2, -0.15) is 4.98 Å². The van der Waals surface area contributed by atoms with E-state index in [1.54, 1.807) is 17.7 Å². The SMILES string of the molecule is CCCc1ncnc2nc(N(C)[C@H](C)C(=O)CCc3ccccc3)sc12. The van der Waals surface area contributed by atoms with Crippen LogP contribution in [0.4, 0.5) is 5.13 Å². The Balaban J connectivity index is 1.71. The molecule has 0 N–H and O–H groups in total. The normalized spacial score (nSPS) is 12.3. The summed E-state index contributed by atoms with van der Waals surface area (Å²) < 4.78 is 1.03. The number of likely N-dealkylation sites (N-methyl/N-ethyl adjacent to an activating group) is 1. The Morgan fingerprint density at radius 1 is 1.19 bits per heavy atom. The van der Waals surface area contributed by atoms with E-state index in [4.69, 9.17) is 0 Å². The summed E-state index contributed by atoms with van der Waals surface area (Å²) in [4.78, 5) is 27.9. The lowest BCUT2D eigenvalue weighted by Gasteiger charge is -2.23. The van der Waals surface area contributed by atoms with E-state index in [1.165, 1.54) is 5.56 Å². The number of hydrogen-bond donors (Lipinski definition) is 0. The van der Waals surface area contributed by atoms with E-state index < -0.39 is 0 Å². The van der Waals surface area contributed by atoms with Gasteiger partial charge in [0, 0.05) is 13.5 Å². The Bertz CT molecular complexity index is 878. The summed E-state index contributed by atoms with van der Waals surface area (Å²) in [6.45, 7) is 4.08. The van der Waals surface area contributed by atoms with Gasteiger partial charge in [0.2, 0.25) is 0 Å². The number of fused-ring (bicyclic) bond motifs is 1. The van der Waals surface area contributed by atoms with Crippen LogP contribution >= 0.6 is 11.3 Å². The Labute approximate surface area is 158 Å². The van der Waals surface area contributed by atoms with Gasteiger partial charge < -0.3 is 4.90 Å². The van der Waals surface area contributed by atoms with Gasteiger partial charge in [0.05, 0.1) is 16.4 Å². The number of aromatic nitrogens is 3. The second-order valence-electron chi connectivity index (χ2n) is 6.46. The average Bonchev–Trinajstić information content (AvgIpc) is 3.11. The van der Waals surface area contributed by atoms with Crippen molar-refractivity contribution in [2.24, 2.45) is 0 Å². The number of carbonyl (C=O) groups excluding carboxylic acids is 1. The molecule has 3 aromatic rings. The van der Waals surface area contributed by atoms with E-state index in [-0.39, 0.29) is 11.8 Å². The molecule has 0 aliphatic rings. The van der Waals surface area contributed by atoms with Gasteiger partial charge in [-0.25, -0.2) is 9.97 Å². The summed E-state index contributed by atoms with van der Waals surface area (Å²) in [6.07, 6.45) is 4.82. The smallest absolute Gasteiger partial charge is 0.188 e. The van der Waals surface area contributed by atoms with Crippen LogP contribution in [-0.4, -0.2) is 33.8 Å². The van der Waals surface area contributed by atoms with Crippen LogP contribution in [-0.2, 0) is 17.6 Å². The lowest BCUT2D eigenvalue weighted by Crippen LogP contribution is -2.36. The molecule has 3 rings (SSSR count). The van der Waals surface area contributed by atoms with Crippen molar-refractivity contribution in [3.05, 3.63) is 47.9 Å². The molecule has 5 nitrogen and oxygen atoms in total. The van der Waals surface area contributed by atoms with E-state index in [2.05, 4.69) is 34.0 Å². The van der Waals surface area contributed by atoms with Crippen molar-refractivity contribution in [2.75, 3.05) is 11.9 Å². The first-order valence-corrected chi connectivity index (χ1v) is 9.81. The number of hydrogen-bond acceptors (Lipinski definition) is 6. The largest absolute Gasteiger partial charge is 0.341 e. The third-order valence-electron chi connectivity index (χ3n) is 4.59. The summed E-state index contributed by atoms with van der Waals surface area (Å²) in [5, 5.41) is 0.818. The lowest BCUT2D eigenvalue weighted by atomic mass is 10.0. The molecule has 0 bridgehead atoms. The predicted molar refractivity (Wildman–Crippen MR) is 107 cm³/mol. The van der Waals surface area contributed by atoms with E-state index in [9.17, 15) is 4.79 Å². The molecule has 2 aromatic heterocycles. The number of ketones is 1. The standard InChI is InChI=1S/C20H24N4OS/c1-4-8-16-18-19(22-13-21-16)23-20(26-18)24(3)14(2)17(25)12-11-15-9-6-5-7-10-15/h5-7,9-10,13-14H,4,8,11-12H2,1-3H3/t14-/m1/s1. The Morgan fingerprint density at radius 3 is 2.69 bits per heavy atom. The number of Topliss-reactive ketones (excluding diaryl/α,β-unsaturated/α-hetero) is 1. The molecule has 136 valence electrons. The van der Waals surface area contributed by atoms with Gasteiger partial charge in [0.15, 0.2) is 16.6 Å². The Hall–Kier alpha value is -2.34. The van der Waals surface area contributed by atoms with Gasteiger partial charge >= 0.3 is 0 Å². The Kier molecular flexibility index (Phi) is 5.93. The first-order valence-electron chi connectivity index (χ1n) is 9.00. The fraction of sp³-hybridized carbons (Fsp3) is 0.400. The predicted octanol–water partition coefficient (Wildman–Crippen LogP) is 4.07. The lowest BCUT2D eigenvalue weighted by molar-refractivity contribution is -0.119. The molecule has 0 spiro atoms. The first kappa shape index (κ1) is 18.5. The van der Waals surface area contributed by atoms with Crippen LogP contribution in [0.3, 0.4) is 0 Å². The molecule has 0 aliphatic carbocycles. The van der Waals surface area contributed by atoms with Crippen molar-refractivity contribution in [1.82, 2.24) is 15.0 Å². The van der Waals surface area contributed by atoms with Gasteiger partial charge in [-0.05, 0) is 25.3 Å². The maximum Gasteiger partial charge on any atom is 0.188 e. The summed E-state index contributed by atoms with van der Waals surface area (Å²) in [5.74, 6) is 0.218. The molecular formula is C20H24N4OS. The van der Waals surface area contributed by atoms with E-state index in [0.29, 0.717) is 6.42 Å². The minimum absolute atomic E-state index is 0.218. The zero-order chi connectivity index (χ0) is 18.5. The van der Waals surface area contributed by atoms with Crippen molar-refractivity contribution in [3.63, 3.8) is 0 Å². The minimum Gasteiger partial charge on any atom is -0.341 e. The quantitative estimate of drug-likeness (QED) is 0.600. The van der Waals surface area contributed by atoms with Crippen molar-refractivity contribution in [3.8, 4) is 0 Å². The summed E-state index contributed by atoms with van der Waals surface area (Å²) in [5.41, 5.74) is 2.95. The highest BCUT2D eigenvalue weighted by Gasteiger charge is 2.22. The molecule has 0 saturated carbocycles. The van der Waals surface area contributed by atoms with Gasteiger partial charge in [-0.15, -0.1) is 0 Å². The molecule has 0 saturated heterocycles. The molecular weight excluding hydrogens is 344 g/mol. The summed E-state index contributed by atoms with van der Waals surface area (Å²) in [7, 11) is 1.93. The third-order valence-corrected chi connectivity index (χ3v) is 5.78. The molecule has 1 aromatic carbocycles. The van der Waals surface area contributed by atoms with Gasteiger partial charge in [0.1, 0.15) is 6.33 Å². The number of carbonyl (C=O) groups is 1. The number of benzene rings is 1. The highest BCUT2D eigenvalue weighted by atomic mass is 32.1. The molecule has 0 amide bonds. The highest BCUT2D eigenvalue weighted by Crippen LogP contribution is 2.30. The molecule has 26 heavy (non-hydrogen) atoms. The average molecular weight is 369 g/mol. The number of thiazole rings is 1. The molecule has 0 aliphatic heterocycles. The van der Waals surface area contributed by atoms with Crippen LogP contribution in [0.25, 0.3) is 10.3 Å². The Morgan fingerprint density at radius 2 is 1.96 bits per heavy atom. The summed E-state index contributed by atoms with van der Waals surface area (Å²) >= 11 is 1.57. The van der Waals surface area contributed by atoms with Crippen molar-refractivity contribution >= 4 is 32.6 Å². The van der Waals surface area contributed by atoms with Gasteiger partial charge in [-0.1, -0.05) is 55.0 Å². The first-order chi connectivity index (χ1) is 12.6. The number of rotatable bonds is 8. The summed E-state index contributed by atoms with van der Waals surface area (Å²) in [6, 6.07) is 9.90. The fourth-order valence-corrected chi connectivity index (χ4v) is 3.94. The maximum atomic E-state index is 12.6. The number of aryl methyl sites for hydroxylation is 2. The second-order valence-corrected chi connectivity index (χ2v) is 7.44. The molecule has 0 unspecified atom stereocenters. The van der Waals surface area contributed by atoms with Crippen molar-refractivity contribution in [1.29, 1.82) is 0 Å².